The van der Waals surface area contributed by atoms with Crippen molar-refractivity contribution in [1.82, 2.24) is 0 Å². The number of rotatable bonds is 0. The van der Waals surface area contributed by atoms with Crippen LogP contribution < -0.4 is 0 Å². The van der Waals surface area contributed by atoms with Gasteiger partial charge in [0.05, 0.1) is 0 Å². The first-order valence-corrected chi connectivity index (χ1v) is 3.67. The van der Waals surface area contributed by atoms with Crippen molar-refractivity contribution < 1.29 is 32.7 Å². The van der Waals surface area contributed by atoms with Crippen molar-refractivity contribution in [2.24, 2.45) is 0 Å². The maximum absolute atomic E-state index is 7.61. The van der Waals surface area contributed by atoms with Crippen LogP contribution in [0.3, 0.4) is 0 Å². The van der Waals surface area contributed by atoms with E-state index < -0.39 is 0 Å². The van der Waals surface area contributed by atoms with Crippen LogP contribution in [0.2, 0.25) is 0 Å². The van der Waals surface area contributed by atoms with Crippen molar-refractivity contribution in [2.75, 3.05) is 0 Å². The van der Waals surface area contributed by atoms with Crippen LogP contribution in [-0.2, 0) is 39.1 Å². The van der Waals surface area contributed by atoms with E-state index in [9.17, 15) is 0 Å². The van der Waals surface area contributed by atoms with Gasteiger partial charge in [-0.15, -0.1) is 6.04 Å². The van der Waals surface area contributed by atoms with Gasteiger partial charge in [-0.1, -0.05) is 36.2 Å². The summed E-state index contributed by atoms with van der Waals surface area (Å²) in [6.45, 7) is 0. The molecule has 0 aliphatic heterocycles. The molecule has 1 N–H and O–H groups in total. The number of aryl methyl sites for hydroxylation is 1. The second-order valence-electron chi connectivity index (χ2n) is 2.79. The van der Waals surface area contributed by atoms with Crippen LogP contribution in [0, 0.1) is 0 Å². The molecule has 1 nitrogen and oxygen atoms in total. The van der Waals surface area contributed by atoms with Crippen molar-refractivity contribution in [3.8, 4) is 0 Å². The number of benzene rings is 1. The number of nitrogens with one attached hydrogen (secondary N) is 1. The maximum Gasteiger partial charge on any atom is 0 e. The number of hydrogen-bond acceptors (Lipinski definition) is 0. The molecule has 1 aromatic rings. The monoisotopic (exact) mass is 221 g/mol. The van der Waals surface area contributed by atoms with Gasteiger partial charge >= 0.3 is 0 Å². The van der Waals surface area contributed by atoms with E-state index in [0.29, 0.717) is 0 Å². The van der Waals surface area contributed by atoms with E-state index in [-0.39, 0.29) is 38.8 Å². The molecular weight excluding hydrogens is 211 g/mol. The first-order valence-electron chi connectivity index (χ1n) is 3.67. The fourth-order valence-corrected chi connectivity index (χ4v) is 1.56. The van der Waals surface area contributed by atoms with Crippen molar-refractivity contribution in [2.45, 2.75) is 18.9 Å². The van der Waals surface area contributed by atoms with Crippen LogP contribution in [0.5, 0.6) is 0 Å². The number of hydrogen-bond donors (Lipinski definition) is 0. The van der Waals surface area contributed by atoms with Gasteiger partial charge < -0.3 is 5.73 Å². The molecule has 1 aliphatic rings. The molecule has 1 radical (unpaired) electrons. The van der Waals surface area contributed by atoms with Crippen molar-refractivity contribution >= 4 is 0 Å². The molecule has 11 heavy (non-hydrogen) atoms. The smallest absolute Gasteiger partial charge is 0 e. The van der Waals surface area contributed by atoms with Gasteiger partial charge in [-0.2, -0.15) is 0 Å². The van der Waals surface area contributed by atoms with Crippen molar-refractivity contribution in [1.29, 1.82) is 0 Å². The first-order chi connectivity index (χ1) is 4.88. The Morgan fingerprint density at radius 1 is 1.27 bits per heavy atom. The molecule has 0 heterocycles. The van der Waals surface area contributed by atoms with Crippen LogP contribution in [0.25, 0.3) is 5.73 Å². The molecule has 1 aromatic carbocycles. The molecule has 2 heteroatoms. The molecule has 0 saturated carbocycles. The summed E-state index contributed by atoms with van der Waals surface area (Å²) in [5, 5.41) is 0. The van der Waals surface area contributed by atoms with Crippen molar-refractivity contribution in [3.63, 3.8) is 0 Å². The van der Waals surface area contributed by atoms with E-state index in [4.69, 9.17) is 5.73 Å². The molecule has 0 bridgehead atoms. The van der Waals surface area contributed by atoms with Gasteiger partial charge in [0.15, 0.2) is 0 Å². The summed E-state index contributed by atoms with van der Waals surface area (Å²) in [7, 11) is 0. The Hall–Kier alpha value is 0.284. The minimum Gasteiger partial charge on any atom is -0.671 e. The summed E-state index contributed by atoms with van der Waals surface area (Å²) < 4.78 is 0. The fraction of sp³-hybridized carbons (Fsp3) is 0.333. The molecule has 0 saturated heterocycles. The molecule has 1 aliphatic carbocycles. The molecule has 0 spiro atoms. The minimum atomic E-state index is 0. The third kappa shape index (κ3) is 1.72. The van der Waals surface area contributed by atoms with E-state index in [0.717, 1.165) is 12.8 Å². The molecule has 0 fully saturated rings. The Labute approximate surface area is 92.2 Å². The van der Waals surface area contributed by atoms with E-state index in [1.807, 2.05) is 6.07 Å². The molecule has 1 atom stereocenters. The zero-order valence-corrected chi connectivity index (χ0v) is 9.22. The average Bonchev–Trinajstić information content (AvgIpc) is 2.34. The normalized spacial score (nSPS) is 20.6. The Bertz CT molecular complexity index is 247. The van der Waals surface area contributed by atoms with Crippen LogP contribution >= 0.6 is 0 Å². The number of fused-ring (bicyclic) bond motifs is 1. The summed E-state index contributed by atoms with van der Waals surface area (Å²) in [4.78, 5) is 0. The summed E-state index contributed by atoms with van der Waals surface area (Å²) >= 11 is 0. The minimum absolute atomic E-state index is 0. The zero-order chi connectivity index (χ0) is 6.97. The predicted molar refractivity (Wildman–Crippen MR) is 41.8 cm³/mol. The average molecular weight is 221 g/mol. The van der Waals surface area contributed by atoms with E-state index in [1.165, 1.54) is 11.1 Å². The van der Waals surface area contributed by atoms with Gasteiger partial charge in [0.25, 0.3) is 0 Å². The molecule has 0 aromatic heterocycles. The Morgan fingerprint density at radius 2 is 2.00 bits per heavy atom. The Kier molecular flexibility index (Phi) is 3.23. The largest absolute Gasteiger partial charge is 0.671 e. The third-order valence-corrected chi connectivity index (χ3v) is 2.13. The third-order valence-electron chi connectivity index (χ3n) is 2.13. The SMILES string of the molecule is [NH-]C1CCc2ccccc21.[Y]. The molecular formula is C9H10NY-. The molecule has 2 rings (SSSR count). The van der Waals surface area contributed by atoms with Crippen LogP contribution in [-0.4, -0.2) is 0 Å². The molecule has 0 amide bonds. The van der Waals surface area contributed by atoms with Gasteiger partial charge in [-0.25, -0.2) is 0 Å². The van der Waals surface area contributed by atoms with Crippen LogP contribution in [0.15, 0.2) is 24.3 Å². The topological polar surface area (TPSA) is 23.8 Å². The van der Waals surface area contributed by atoms with E-state index in [1.54, 1.807) is 0 Å². The van der Waals surface area contributed by atoms with Crippen LogP contribution in [0.1, 0.15) is 23.6 Å². The summed E-state index contributed by atoms with van der Waals surface area (Å²) in [6, 6.07) is 8.32. The van der Waals surface area contributed by atoms with Gasteiger partial charge in [0.2, 0.25) is 0 Å². The maximum atomic E-state index is 7.61. The Morgan fingerprint density at radius 3 is 2.73 bits per heavy atom. The predicted octanol–water partition coefficient (Wildman–Crippen LogP) is 2.72. The van der Waals surface area contributed by atoms with Crippen molar-refractivity contribution in [3.05, 3.63) is 41.1 Å². The summed E-state index contributed by atoms with van der Waals surface area (Å²) in [5.74, 6) is 0. The summed E-state index contributed by atoms with van der Waals surface area (Å²) in [5.41, 5.74) is 10.2. The molecule has 55 valence electrons. The fourth-order valence-electron chi connectivity index (χ4n) is 1.56. The van der Waals surface area contributed by atoms with Gasteiger partial charge in [-0.05, 0) is 12.0 Å². The van der Waals surface area contributed by atoms with Gasteiger partial charge in [0.1, 0.15) is 0 Å². The second-order valence-corrected chi connectivity index (χ2v) is 2.79. The quantitative estimate of drug-likeness (QED) is 0.643. The van der Waals surface area contributed by atoms with Gasteiger partial charge in [0, 0.05) is 32.7 Å². The van der Waals surface area contributed by atoms with Gasteiger partial charge in [-0.3, -0.25) is 0 Å². The van der Waals surface area contributed by atoms with Crippen LogP contribution in [0.4, 0.5) is 0 Å². The summed E-state index contributed by atoms with van der Waals surface area (Å²) in [6.07, 6.45) is 2.11. The van der Waals surface area contributed by atoms with E-state index >= 15 is 0 Å². The first kappa shape index (κ1) is 9.37. The molecule has 1 unspecified atom stereocenters. The standard InChI is InChI=1S/C9H10N.Y/c10-9-6-5-7-3-1-2-4-8(7)9;/h1-4,9-10H,5-6H2;/q-1;. The van der Waals surface area contributed by atoms with E-state index in [2.05, 4.69) is 18.2 Å². The Balaban J connectivity index is 0.000000605. The second kappa shape index (κ2) is 3.79. The zero-order valence-electron chi connectivity index (χ0n) is 6.38.